The van der Waals surface area contributed by atoms with Crippen molar-refractivity contribution in [1.82, 2.24) is 5.32 Å². The molecule has 3 N–H and O–H groups in total. The number of halogens is 1. The molecular weight excluding hydrogens is 292 g/mol. The zero-order valence-electron chi connectivity index (χ0n) is 14.1. The van der Waals surface area contributed by atoms with Gasteiger partial charge in [0.05, 0.1) is 12.2 Å². The highest BCUT2D eigenvalue weighted by Gasteiger charge is 2.62. The Kier molecular flexibility index (Phi) is 7.63. The number of ether oxygens (including phenoxy) is 2. The fourth-order valence-corrected chi connectivity index (χ4v) is 2.76. The van der Waals surface area contributed by atoms with Crippen LogP contribution in [0.3, 0.4) is 0 Å². The van der Waals surface area contributed by atoms with Crippen LogP contribution in [0, 0.1) is 11.3 Å². The quantitative estimate of drug-likeness (QED) is 0.748. The molecule has 0 aromatic carbocycles. The van der Waals surface area contributed by atoms with E-state index >= 15 is 0 Å². The first kappa shape index (κ1) is 20.6. The van der Waals surface area contributed by atoms with Crippen molar-refractivity contribution in [3.05, 3.63) is 0 Å². The molecule has 3 unspecified atom stereocenters. The lowest BCUT2D eigenvalue weighted by Gasteiger charge is -2.57. The Morgan fingerprint density at radius 2 is 2.00 bits per heavy atom. The van der Waals surface area contributed by atoms with Gasteiger partial charge in [0, 0.05) is 32.1 Å². The molecule has 3 atom stereocenters. The monoisotopic (exact) mass is 322 g/mol. The molecular formula is C15H31ClN2O3. The fraction of sp³-hybridized carbons (Fsp3) is 0.933. The first-order valence-corrected chi connectivity index (χ1v) is 7.42. The second-order valence-electron chi connectivity index (χ2n) is 6.57. The smallest absolute Gasteiger partial charge is 0.240 e. The summed E-state index contributed by atoms with van der Waals surface area (Å²) in [6, 6.07) is 0. The Labute approximate surface area is 134 Å². The Morgan fingerprint density at radius 3 is 2.38 bits per heavy atom. The molecule has 126 valence electrons. The van der Waals surface area contributed by atoms with Crippen molar-refractivity contribution in [2.75, 3.05) is 20.3 Å². The second kappa shape index (κ2) is 7.77. The van der Waals surface area contributed by atoms with E-state index in [1.54, 1.807) is 7.11 Å². The van der Waals surface area contributed by atoms with Gasteiger partial charge in [-0.1, -0.05) is 27.7 Å². The van der Waals surface area contributed by atoms with Crippen LogP contribution in [-0.2, 0) is 14.3 Å². The van der Waals surface area contributed by atoms with Gasteiger partial charge in [0.15, 0.2) is 0 Å². The lowest BCUT2D eigenvalue weighted by Crippen LogP contribution is -2.76. The van der Waals surface area contributed by atoms with Crippen molar-refractivity contribution < 1.29 is 14.3 Å². The summed E-state index contributed by atoms with van der Waals surface area (Å²) in [5.41, 5.74) is 5.10. The van der Waals surface area contributed by atoms with Crippen LogP contribution in [0.5, 0.6) is 0 Å². The topological polar surface area (TPSA) is 73.6 Å². The number of rotatable bonds is 7. The highest BCUT2D eigenvalue weighted by atomic mass is 35.5. The molecule has 1 aliphatic carbocycles. The minimum Gasteiger partial charge on any atom is -0.379 e. The van der Waals surface area contributed by atoms with Crippen molar-refractivity contribution in [3.63, 3.8) is 0 Å². The number of carbonyl (C=O) groups excluding carboxylic acids is 1. The third-order valence-corrected chi connectivity index (χ3v) is 4.75. The predicted octanol–water partition coefficient (Wildman–Crippen LogP) is 1.73. The van der Waals surface area contributed by atoms with Crippen molar-refractivity contribution in [2.24, 2.45) is 17.1 Å². The number of methoxy groups -OCH3 is 1. The van der Waals surface area contributed by atoms with E-state index in [1.807, 2.05) is 20.8 Å². The Morgan fingerprint density at radius 1 is 1.43 bits per heavy atom. The number of hydrogen-bond acceptors (Lipinski definition) is 4. The molecule has 1 saturated carbocycles. The standard InChI is InChI=1S/C15H30N2O3.ClH/c1-7-20-12-8-15(16,14(12,4)5)13(18)17-9-11(19-6)10(2)3;/h10-12H,7-9,16H2,1-6H3,(H,17,18);1H. The zero-order chi connectivity index (χ0) is 15.6. The van der Waals surface area contributed by atoms with Crippen LogP contribution in [0.25, 0.3) is 0 Å². The first-order valence-electron chi connectivity index (χ1n) is 7.42. The van der Waals surface area contributed by atoms with Gasteiger partial charge in [-0.15, -0.1) is 12.4 Å². The Bertz CT molecular complexity index is 350. The summed E-state index contributed by atoms with van der Waals surface area (Å²) >= 11 is 0. The van der Waals surface area contributed by atoms with Crippen molar-refractivity contribution in [1.29, 1.82) is 0 Å². The summed E-state index contributed by atoms with van der Waals surface area (Å²) in [6.45, 7) is 11.2. The molecule has 1 amide bonds. The first-order chi connectivity index (χ1) is 9.20. The van der Waals surface area contributed by atoms with Gasteiger partial charge in [0.1, 0.15) is 5.54 Å². The van der Waals surface area contributed by atoms with Crippen LogP contribution in [-0.4, -0.2) is 43.9 Å². The van der Waals surface area contributed by atoms with E-state index in [0.29, 0.717) is 25.5 Å². The third kappa shape index (κ3) is 3.89. The summed E-state index contributed by atoms with van der Waals surface area (Å²) in [7, 11) is 1.66. The second-order valence-corrected chi connectivity index (χ2v) is 6.57. The average Bonchev–Trinajstić information content (AvgIpc) is 2.38. The molecule has 1 fully saturated rings. The molecule has 0 radical (unpaired) electrons. The summed E-state index contributed by atoms with van der Waals surface area (Å²) in [5, 5.41) is 2.93. The summed E-state index contributed by atoms with van der Waals surface area (Å²) < 4.78 is 11.0. The maximum Gasteiger partial charge on any atom is 0.240 e. The molecule has 21 heavy (non-hydrogen) atoms. The highest BCUT2D eigenvalue weighted by Crippen LogP contribution is 2.49. The van der Waals surface area contributed by atoms with E-state index in [0.717, 1.165) is 0 Å². The minimum absolute atomic E-state index is 0. The highest BCUT2D eigenvalue weighted by molar-refractivity contribution is 5.88. The maximum absolute atomic E-state index is 12.4. The Balaban J connectivity index is 0.00000400. The van der Waals surface area contributed by atoms with Crippen LogP contribution in [0.4, 0.5) is 0 Å². The van der Waals surface area contributed by atoms with Crippen molar-refractivity contribution in [3.8, 4) is 0 Å². The summed E-state index contributed by atoms with van der Waals surface area (Å²) in [4.78, 5) is 12.4. The number of nitrogens with one attached hydrogen (secondary N) is 1. The molecule has 5 nitrogen and oxygen atoms in total. The number of hydrogen-bond donors (Lipinski definition) is 2. The van der Waals surface area contributed by atoms with Gasteiger partial charge in [0.2, 0.25) is 5.91 Å². The predicted molar refractivity (Wildman–Crippen MR) is 86.6 cm³/mol. The average molecular weight is 323 g/mol. The number of amides is 1. The largest absolute Gasteiger partial charge is 0.379 e. The molecule has 0 aromatic rings. The Hall–Kier alpha value is -0.360. The molecule has 0 aliphatic heterocycles. The van der Waals surface area contributed by atoms with E-state index in [2.05, 4.69) is 19.2 Å². The molecule has 1 aliphatic rings. The van der Waals surface area contributed by atoms with Gasteiger partial charge in [0.25, 0.3) is 0 Å². The molecule has 1 rings (SSSR count). The van der Waals surface area contributed by atoms with Crippen molar-refractivity contribution >= 4 is 18.3 Å². The molecule has 0 bridgehead atoms. The minimum atomic E-state index is -0.859. The van der Waals surface area contributed by atoms with Gasteiger partial charge in [-0.3, -0.25) is 4.79 Å². The third-order valence-electron chi connectivity index (χ3n) is 4.75. The van der Waals surface area contributed by atoms with E-state index in [9.17, 15) is 4.79 Å². The van der Waals surface area contributed by atoms with Crippen LogP contribution >= 0.6 is 12.4 Å². The van der Waals surface area contributed by atoms with Crippen LogP contribution in [0.2, 0.25) is 0 Å². The molecule has 0 heterocycles. The molecule has 0 saturated heterocycles. The van der Waals surface area contributed by atoms with Crippen LogP contribution in [0.15, 0.2) is 0 Å². The normalized spacial score (nSPS) is 28.5. The maximum atomic E-state index is 12.4. The van der Waals surface area contributed by atoms with Gasteiger partial charge >= 0.3 is 0 Å². The van der Waals surface area contributed by atoms with Crippen molar-refractivity contribution in [2.45, 2.75) is 58.8 Å². The summed E-state index contributed by atoms with van der Waals surface area (Å²) in [5.74, 6) is 0.237. The van der Waals surface area contributed by atoms with E-state index in [-0.39, 0.29) is 35.9 Å². The SMILES string of the molecule is CCOC1CC(N)(C(=O)NCC(OC)C(C)C)C1(C)C.Cl. The lowest BCUT2D eigenvalue weighted by atomic mass is 9.54. The zero-order valence-corrected chi connectivity index (χ0v) is 14.9. The summed E-state index contributed by atoms with van der Waals surface area (Å²) in [6.07, 6.45) is 0.624. The molecule has 0 aromatic heterocycles. The number of nitrogens with two attached hydrogens (primary N) is 1. The van der Waals surface area contributed by atoms with E-state index in [1.165, 1.54) is 0 Å². The van der Waals surface area contributed by atoms with Crippen LogP contribution in [0.1, 0.15) is 41.0 Å². The van der Waals surface area contributed by atoms with Gasteiger partial charge < -0.3 is 20.5 Å². The molecule has 0 spiro atoms. The fourth-order valence-electron chi connectivity index (χ4n) is 2.76. The lowest BCUT2D eigenvalue weighted by molar-refractivity contribution is -0.171. The van der Waals surface area contributed by atoms with Gasteiger partial charge in [-0.05, 0) is 12.8 Å². The van der Waals surface area contributed by atoms with Gasteiger partial charge in [-0.25, -0.2) is 0 Å². The van der Waals surface area contributed by atoms with E-state index in [4.69, 9.17) is 15.2 Å². The molecule has 6 heteroatoms. The van der Waals surface area contributed by atoms with Crippen LogP contribution < -0.4 is 11.1 Å². The number of carbonyl (C=O) groups is 1. The van der Waals surface area contributed by atoms with Gasteiger partial charge in [-0.2, -0.15) is 0 Å². The van der Waals surface area contributed by atoms with E-state index < -0.39 is 5.54 Å².